The van der Waals surface area contributed by atoms with Crippen molar-refractivity contribution in [3.8, 4) is 0 Å². The molecule has 0 aromatic rings. The van der Waals surface area contributed by atoms with Crippen molar-refractivity contribution >= 4 is 11.8 Å². The van der Waals surface area contributed by atoms with Gasteiger partial charge in [0, 0.05) is 5.92 Å². The van der Waals surface area contributed by atoms with Gasteiger partial charge in [-0.1, -0.05) is 0 Å². The Kier molecular flexibility index (Phi) is 4.07. The lowest BCUT2D eigenvalue weighted by Crippen LogP contribution is -2.39. The molecule has 1 rings (SSSR count). The molecular weight excluding hydrogens is 182 g/mol. The van der Waals surface area contributed by atoms with E-state index in [1.165, 1.54) is 7.11 Å². The predicted molar refractivity (Wildman–Crippen MR) is 51.9 cm³/mol. The molecule has 0 N–H and O–H groups in total. The first-order valence-electron chi connectivity index (χ1n) is 4.93. The number of carbonyl (C=O) groups excluding carboxylic acids is 2. The summed E-state index contributed by atoms with van der Waals surface area (Å²) in [6.45, 7) is 3.63. The number of esters is 1. The van der Waals surface area contributed by atoms with Crippen LogP contribution in [-0.4, -0.2) is 43.4 Å². The van der Waals surface area contributed by atoms with Crippen molar-refractivity contribution < 1.29 is 14.3 Å². The predicted octanol–water partition coefficient (Wildman–Crippen LogP) is 0.460. The van der Waals surface area contributed by atoms with Crippen molar-refractivity contribution in [3.05, 3.63) is 0 Å². The van der Waals surface area contributed by atoms with E-state index in [-0.39, 0.29) is 17.7 Å². The molecule has 14 heavy (non-hydrogen) atoms. The van der Waals surface area contributed by atoms with E-state index < -0.39 is 0 Å². The van der Waals surface area contributed by atoms with Gasteiger partial charge in [0.05, 0.1) is 13.7 Å². The van der Waals surface area contributed by atoms with Crippen LogP contribution in [0.4, 0.5) is 0 Å². The molecular formula is C10H17NO3. The first kappa shape index (κ1) is 11.2. The summed E-state index contributed by atoms with van der Waals surface area (Å²) in [7, 11) is 1.39. The summed E-state index contributed by atoms with van der Waals surface area (Å²) in [5.41, 5.74) is 0. The van der Waals surface area contributed by atoms with Gasteiger partial charge >= 0.3 is 5.97 Å². The number of likely N-dealkylation sites (tertiary alicyclic amines) is 1. The lowest BCUT2D eigenvalue weighted by molar-refractivity contribution is -0.142. The highest BCUT2D eigenvalue weighted by atomic mass is 16.5. The topological polar surface area (TPSA) is 46.6 Å². The maximum absolute atomic E-state index is 11.1. The highest BCUT2D eigenvalue weighted by Gasteiger charge is 2.23. The normalized spacial score (nSPS) is 19.3. The zero-order valence-electron chi connectivity index (χ0n) is 8.78. The molecule has 0 aliphatic carbocycles. The summed E-state index contributed by atoms with van der Waals surface area (Å²) < 4.78 is 4.58. The largest absolute Gasteiger partial charge is 0.468 e. The Labute approximate surface area is 84.2 Å². The second kappa shape index (κ2) is 5.10. The van der Waals surface area contributed by atoms with Crippen LogP contribution in [0.15, 0.2) is 0 Å². The standard InChI is InChI=1S/C10H17NO3/c1-8(12)9-3-5-11(6-4-9)7-10(13)14-2/h9H,3-7H2,1-2H3. The van der Waals surface area contributed by atoms with Crippen molar-refractivity contribution in [2.75, 3.05) is 26.7 Å². The maximum Gasteiger partial charge on any atom is 0.319 e. The molecule has 4 nitrogen and oxygen atoms in total. The fourth-order valence-electron chi connectivity index (χ4n) is 1.74. The van der Waals surface area contributed by atoms with Crippen LogP contribution in [0.1, 0.15) is 19.8 Å². The van der Waals surface area contributed by atoms with Crippen molar-refractivity contribution in [3.63, 3.8) is 0 Å². The van der Waals surface area contributed by atoms with E-state index in [9.17, 15) is 9.59 Å². The van der Waals surface area contributed by atoms with Crippen molar-refractivity contribution in [2.45, 2.75) is 19.8 Å². The summed E-state index contributed by atoms with van der Waals surface area (Å²) >= 11 is 0. The van der Waals surface area contributed by atoms with Gasteiger partial charge in [-0.2, -0.15) is 0 Å². The number of piperidine rings is 1. The quantitative estimate of drug-likeness (QED) is 0.619. The third kappa shape index (κ3) is 3.10. The average molecular weight is 199 g/mol. The van der Waals surface area contributed by atoms with Gasteiger partial charge in [-0.05, 0) is 32.9 Å². The average Bonchev–Trinajstić information content (AvgIpc) is 2.18. The van der Waals surface area contributed by atoms with E-state index in [1.807, 2.05) is 4.90 Å². The lowest BCUT2D eigenvalue weighted by Gasteiger charge is -2.29. The molecule has 0 saturated carbocycles. The number of hydrogen-bond acceptors (Lipinski definition) is 4. The van der Waals surface area contributed by atoms with Gasteiger partial charge in [-0.3, -0.25) is 14.5 Å². The van der Waals surface area contributed by atoms with Crippen LogP contribution < -0.4 is 0 Å². The van der Waals surface area contributed by atoms with Crippen LogP contribution >= 0.6 is 0 Å². The van der Waals surface area contributed by atoms with E-state index in [4.69, 9.17) is 0 Å². The molecule has 0 spiro atoms. The second-order valence-corrected chi connectivity index (χ2v) is 3.74. The van der Waals surface area contributed by atoms with Crippen LogP contribution in [0.3, 0.4) is 0 Å². The number of hydrogen-bond donors (Lipinski definition) is 0. The Morgan fingerprint density at radius 2 is 1.93 bits per heavy atom. The Hall–Kier alpha value is -0.900. The van der Waals surface area contributed by atoms with Crippen LogP contribution in [-0.2, 0) is 14.3 Å². The van der Waals surface area contributed by atoms with Gasteiger partial charge in [0.25, 0.3) is 0 Å². The van der Waals surface area contributed by atoms with E-state index >= 15 is 0 Å². The van der Waals surface area contributed by atoms with E-state index in [0.29, 0.717) is 6.54 Å². The molecule has 80 valence electrons. The second-order valence-electron chi connectivity index (χ2n) is 3.74. The Morgan fingerprint density at radius 3 is 2.36 bits per heavy atom. The summed E-state index contributed by atoms with van der Waals surface area (Å²) in [5, 5.41) is 0. The van der Waals surface area contributed by atoms with Gasteiger partial charge in [-0.25, -0.2) is 0 Å². The summed E-state index contributed by atoms with van der Waals surface area (Å²) in [5.74, 6) is 0.262. The first-order chi connectivity index (χ1) is 6.63. The van der Waals surface area contributed by atoms with Crippen LogP contribution in [0.2, 0.25) is 0 Å². The van der Waals surface area contributed by atoms with Gasteiger partial charge in [0.2, 0.25) is 0 Å². The number of ether oxygens (including phenoxy) is 1. The molecule has 0 amide bonds. The first-order valence-corrected chi connectivity index (χ1v) is 4.93. The molecule has 0 unspecified atom stereocenters. The monoisotopic (exact) mass is 199 g/mol. The van der Waals surface area contributed by atoms with Crippen LogP contribution in [0, 0.1) is 5.92 Å². The molecule has 1 aliphatic rings. The Morgan fingerprint density at radius 1 is 1.36 bits per heavy atom. The minimum absolute atomic E-state index is 0.198. The minimum Gasteiger partial charge on any atom is -0.468 e. The highest BCUT2D eigenvalue weighted by molar-refractivity contribution is 5.78. The van der Waals surface area contributed by atoms with E-state index in [2.05, 4.69) is 4.74 Å². The maximum atomic E-state index is 11.1. The zero-order chi connectivity index (χ0) is 10.6. The molecule has 0 aromatic carbocycles. The third-order valence-electron chi connectivity index (χ3n) is 2.74. The molecule has 0 aromatic heterocycles. The van der Waals surface area contributed by atoms with Crippen LogP contribution in [0.25, 0.3) is 0 Å². The Balaban J connectivity index is 2.29. The van der Waals surface area contributed by atoms with Crippen molar-refractivity contribution in [2.24, 2.45) is 5.92 Å². The molecule has 1 fully saturated rings. The SMILES string of the molecule is COC(=O)CN1CCC(C(C)=O)CC1. The number of carbonyl (C=O) groups is 2. The van der Waals surface area contributed by atoms with Gasteiger partial charge in [0.1, 0.15) is 5.78 Å². The fraction of sp³-hybridized carbons (Fsp3) is 0.800. The number of nitrogens with zero attached hydrogens (tertiary/aromatic N) is 1. The number of methoxy groups -OCH3 is 1. The van der Waals surface area contributed by atoms with E-state index in [0.717, 1.165) is 25.9 Å². The molecule has 4 heteroatoms. The minimum atomic E-state index is -0.203. The fourth-order valence-corrected chi connectivity index (χ4v) is 1.74. The molecule has 0 radical (unpaired) electrons. The van der Waals surface area contributed by atoms with E-state index in [1.54, 1.807) is 6.92 Å². The molecule has 1 aliphatic heterocycles. The smallest absolute Gasteiger partial charge is 0.319 e. The number of ketones is 1. The van der Waals surface area contributed by atoms with Crippen LogP contribution in [0.5, 0.6) is 0 Å². The van der Waals surface area contributed by atoms with Gasteiger partial charge in [-0.15, -0.1) is 0 Å². The summed E-state index contributed by atoms with van der Waals surface area (Å²) in [4.78, 5) is 24.1. The molecule has 1 saturated heterocycles. The summed E-state index contributed by atoms with van der Waals surface area (Å²) in [6.07, 6.45) is 1.73. The highest BCUT2D eigenvalue weighted by Crippen LogP contribution is 2.17. The Bertz CT molecular complexity index is 219. The summed E-state index contributed by atoms with van der Waals surface area (Å²) in [6, 6.07) is 0. The van der Waals surface area contributed by atoms with Gasteiger partial charge in [0.15, 0.2) is 0 Å². The lowest BCUT2D eigenvalue weighted by atomic mass is 9.93. The number of rotatable bonds is 3. The van der Waals surface area contributed by atoms with Crippen molar-refractivity contribution in [1.29, 1.82) is 0 Å². The number of Topliss-reactive ketones (excluding diaryl/α,β-unsaturated/α-hetero) is 1. The molecule has 0 bridgehead atoms. The van der Waals surface area contributed by atoms with Gasteiger partial charge < -0.3 is 4.74 Å². The third-order valence-corrected chi connectivity index (χ3v) is 2.74. The molecule has 0 atom stereocenters. The zero-order valence-corrected chi connectivity index (χ0v) is 8.78. The van der Waals surface area contributed by atoms with Crippen molar-refractivity contribution in [1.82, 2.24) is 4.90 Å². The molecule has 1 heterocycles.